The monoisotopic (exact) mass is 599 g/mol. The number of hydrogen-bond acceptors (Lipinski definition) is 5. The van der Waals surface area contributed by atoms with Gasteiger partial charge in [-0.15, -0.1) is 0 Å². The largest absolute Gasteiger partial charge is 0.511 e. The molecular formula is C34H37NO5SSi. The highest BCUT2D eigenvalue weighted by molar-refractivity contribution is 7.91. The van der Waals surface area contributed by atoms with E-state index in [-0.39, 0.29) is 21.1 Å². The van der Waals surface area contributed by atoms with Gasteiger partial charge >= 0.3 is 0 Å². The zero-order valence-electron chi connectivity index (χ0n) is 23.9. The summed E-state index contributed by atoms with van der Waals surface area (Å²) in [5.41, 5.74) is 0.267. The molecule has 0 aliphatic heterocycles. The average molecular weight is 600 g/mol. The van der Waals surface area contributed by atoms with Gasteiger partial charge in [0.15, 0.2) is 0 Å². The Bertz CT molecular complexity index is 1570. The number of aliphatic hydroxyl groups excluding tert-OH is 1. The molecule has 4 aromatic carbocycles. The van der Waals surface area contributed by atoms with Crippen molar-refractivity contribution in [1.29, 1.82) is 0 Å². The third-order valence-electron chi connectivity index (χ3n) is 7.85. The summed E-state index contributed by atoms with van der Waals surface area (Å²) in [6, 6.07) is 32.7. The van der Waals surface area contributed by atoms with Crippen LogP contribution in [0.15, 0.2) is 137 Å². The van der Waals surface area contributed by atoms with Gasteiger partial charge in [-0.1, -0.05) is 106 Å². The van der Waals surface area contributed by atoms with Gasteiger partial charge in [0.25, 0.3) is 14.2 Å². The van der Waals surface area contributed by atoms with Gasteiger partial charge in [-0.2, -0.15) is 0 Å². The van der Waals surface area contributed by atoms with Crippen LogP contribution in [0.25, 0.3) is 0 Å². The summed E-state index contributed by atoms with van der Waals surface area (Å²) >= 11 is 0. The van der Waals surface area contributed by atoms with Crippen LogP contribution in [0.1, 0.15) is 43.5 Å². The van der Waals surface area contributed by atoms with Gasteiger partial charge in [0.05, 0.1) is 15.8 Å². The summed E-state index contributed by atoms with van der Waals surface area (Å²) in [5, 5.41) is 14.5. The molecule has 218 valence electrons. The van der Waals surface area contributed by atoms with E-state index in [4.69, 9.17) is 0 Å². The predicted molar refractivity (Wildman–Crippen MR) is 169 cm³/mol. The van der Waals surface area contributed by atoms with E-state index in [1.807, 2.05) is 60.7 Å². The molecule has 0 heterocycles. The van der Waals surface area contributed by atoms with Gasteiger partial charge in [0.1, 0.15) is 5.76 Å². The van der Waals surface area contributed by atoms with E-state index in [1.165, 1.54) is 36.4 Å². The minimum atomic E-state index is -3.70. The number of hydrogen-bond donors (Lipinski definition) is 3. The quantitative estimate of drug-likeness (QED) is 0.150. The molecule has 0 spiro atoms. The van der Waals surface area contributed by atoms with Gasteiger partial charge in [-0.3, -0.25) is 4.79 Å². The average Bonchev–Trinajstić information content (AvgIpc) is 3.01. The lowest BCUT2D eigenvalue weighted by atomic mass is 10.0. The molecule has 4 aromatic rings. The first kappa shape index (κ1) is 31.0. The van der Waals surface area contributed by atoms with Gasteiger partial charge in [0, 0.05) is 5.56 Å². The van der Waals surface area contributed by atoms with E-state index in [1.54, 1.807) is 18.2 Å². The van der Waals surface area contributed by atoms with E-state index >= 15 is 0 Å². The molecular weight excluding hydrogens is 563 g/mol. The molecule has 0 aliphatic carbocycles. The highest BCUT2D eigenvalue weighted by atomic mass is 32.2. The molecule has 0 fully saturated rings. The van der Waals surface area contributed by atoms with Crippen LogP contribution >= 0.6 is 0 Å². The Hall–Kier alpha value is -3.98. The van der Waals surface area contributed by atoms with E-state index in [0.29, 0.717) is 19.3 Å². The number of carbonyl (C=O) groups excluding carboxylic acids is 1. The molecule has 0 saturated carbocycles. The number of sulfone groups is 1. The molecule has 8 heteroatoms. The lowest BCUT2D eigenvalue weighted by molar-refractivity contribution is 0.0930. The molecule has 0 saturated heterocycles. The SMILES string of the molecule is C=C(O)[C@H](CCCC(C)(C)[Si](O)(c1ccccc1)c1ccccc1)NC(=O)c1ccc(S(=O)(=O)c2ccccc2)cc1. The third-order valence-corrected chi connectivity index (χ3v) is 14.2. The van der Waals surface area contributed by atoms with E-state index < -0.39 is 35.1 Å². The molecule has 1 atom stereocenters. The van der Waals surface area contributed by atoms with Gasteiger partial charge < -0.3 is 15.2 Å². The van der Waals surface area contributed by atoms with Crippen molar-refractivity contribution >= 4 is 34.4 Å². The Morgan fingerprint density at radius 3 is 1.74 bits per heavy atom. The molecule has 4 rings (SSSR count). The first-order valence-corrected chi connectivity index (χ1v) is 17.3. The van der Waals surface area contributed by atoms with Crippen LogP contribution in [0.4, 0.5) is 0 Å². The van der Waals surface area contributed by atoms with Crippen LogP contribution in [0.5, 0.6) is 0 Å². The lowest BCUT2D eigenvalue weighted by Crippen LogP contribution is -2.65. The van der Waals surface area contributed by atoms with Crippen LogP contribution in [-0.4, -0.2) is 38.6 Å². The Kier molecular flexibility index (Phi) is 9.51. The molecule has 0 radical (unpaired) electrons. The van der Waals surface area contributed by atoms with E-state index in [0.717, 1.165) is 10.4 Å². The molecule has 42 heavy (non-hydrogen) atoms. The summed E-state index contributed by atoms with van der Waals surface area (Å²) in [7, 11) is -6.88. The number of amides is 1. The maximum Gasteiger partial charge on any atom is 0.258 e. The van der Waals surface area contributed by atoms with Crippen molar-refractivity contribution in [2.24, 2.45) is 0 Å². The molecule has 0 unspecified atom stereocenters. The zero-order valence-corrected chi connectivity index (χ0v) is 25.7. The van der Waals surface area contributed by atoms with Gasteiger partial charge in [-0.25, -0.2) is 8.42 Å². The maximum absolute atomic E-state index is 13.0. The number of rotatable bonds is 12. The van der Waals surface area contributed by atoms with Crippen molar-refractivity contribution in [1.82, 2.24) is 5.32 Å². The second-order valence-corrected chi connectivity index (χ2v) is 17.0. The van der Waals surface area contributed by atoms with E-state index in [2.05, 4.69) is 25.7 Å². The number of nitrogens with one attached hydrogen (secondary N) is 1. The third kappa shape index (κ3) is 6.57. The number of carbonyl (C=O) groups is 1. The number of benzene rings is 4. The van der Waals surface area contributed by atoms with Gasteiger partial charge in [0.2, 0.25) is 9.84 Å². The fourth-order valence-electron chi connectivity index (χ4n) is 5.32. The molecule has 0 bridgehead atoms. The Morgan fingerprint density at radius 2 is 1.26 bits per heavy atom. The summed E-state index contributed by atoms with van der Waals surface area (Å²) < 4.78 is 25.7. The lowest BCUT2D eigenvalue weighted by Gasteiger charge is -2.41. The molecule has 1 amide bonds. The topological polar surface area (TPSA) is 104 Å². The van der Waals surface area contributed by atoms with E-state index in [9.17, 15) is 23.1 Å². The van der Waals surface area contributed by atoms with Gasteiger partial charge in [-0.05, 0) is 64.7 Å². The van der Waals surface area contributed by atoms with Crippen molar-refractivity contribution in [2.45, 2.75) is 54.0 Å². The number of aliphatic hydroxyl groups is 1. The van der Waals surface area contributed by atoms with Crippen molar-refractivity contribution in [2.75, 3.05) is 0 Å². The Morgan fingerprint density at radius 1 is 0.810 bits per heavy atom. The van der Waals surface area contributed by atoms with Crippen molar-refractivity contribution in [3.8, 4) is 0 Å². The van der Waals surface area contributed by atoms with Crippen molar-refractivity contribution in [3.05, 3.63) is 133 Å². The summed E-state index contributed by atoms with van der Waals surface area (Å²) in [4.78, 5) is 25.7. The van der Waals surface area contributed by atoms with Crippen LogP contribution in [-0.2, 0) is 9.84 Å². The smallest absolute Gasteiger partial charge is 0.258 e. The Balaban J connectivity index is 1.45. The second kappa shape index (κ2) is 12.9. The summed E-state index contributed by atoms with van der Waals surface area (Å²) in [6.07, 6.45) is 1.67. The standard InChI is InChI=1S/C34H37NO5SSi/c1-26(36)32(35-33(37)27-21-23-29(24-22-27)41(38,39)28-14-7-4-8-15-28)20-13-25-34(2,3)42(40,30-16-9-5-10-17-30)31-18-11-6-12-19-31/h4-12,14-19,21-24,32,36,40H,1,13,20,25H2,2-3H3,(H,35,37)/t32-/m0/s1. The van der Waals surface area contributed by atoms with Crippen molar-refractivity contribution < 1.29 is 23.1 Å². The molecule has 6 nitrogen and oxygen atoms in total. The molecule has 0 aliphatic rings. The normalized spacial score (nSPS) is 12.8. The fraction of sp³-hybridized carbons (Fsp3) is 0.206. The highest BCUT2D eigenvalue weighted by Gasteiger charge is 2.49. The summed E-state index contributed by atoms with van der Waals surface area (Å²) in [6.45, 7) is 7.81. The predicted octanol–water partition coefficient (Wildman–Crippen LogP) is 5.39. The van der Waals surface area contributed by atoms with Crippen LogP contribution in [0.2, 0.25) is 5.04 Å². The minimum absolute atomic E-state index is 0.0871. The minimum Gasteiger partial charge on any atom is -0.511 e. The first-order chi connectivity index (χ1) is 20.0. The van der Waals surface area contributed by atoms with Crippen LogP contribution in [0, 0.1) is 0 Å². The zero-order chi connectivity index (χ0) is 30.4. The second-order valence-electron chi connectivity index (χ2n) is 11.1. The summed E-state index contributed by atoms with van der Waals surface area (Å²) in [5.74, 6) is -0.611. The highest BCUT2D eigenvalue weighted by Crippen LogP contribution is 2.40. The molecule has 0 aromatic heterocycles. The van der Waals surface area contributed by atoms with Crippen molar-refractivity contribution in [3.63, 3.8) is 0 Å². The first-order valence-electron chi connectivity index (χ1n) is 13.9. The fourth-order valence-corrected chi connectivity index (χ4v) is 10.4. The maximum atomic E-state index is 13.0. The van der Waals surface area contributed by atoms with Crippen LogP contribution in [0.3, 0.4) is 0 Å². The molecule has 3 N–H and O–H groups in total. The Labute approximate surface area is 249 Å². The van der Waals surface area contributed by atoms with Crippen LogP contribution < -0.4 is 15.7 Å².